The maximum absolute atomic E-state index is 13.0. The smallest absolute Gasteiger partial charge is 0.251 e. The number of ether oxygens (including phenoxy) is 4. The van der Waals surface area contributed by atoms with E-state index < -0.39 is 0 Å². The maximum Gasteiger partial charge on any atom is 0.251 e. The zero-order chi connectivity index (χ0) is 26.2. The number of aromatic nitrogens is 2. The number of para-hydroxylation sites is 2. The molecule has 8 heteroatoms. The van der Waals surface area contributed by atoms with E-state index in [9.17, 15) is 4.79 Å². The second kappa shape index (κ2) is 12.2. The lowest BCUT2D eigenvalue weighted by atomic mass is 10.1. The van der Waals surface area contributed by atoms with Gasteiger partial charge in [-0.2, -0.15) is 0 Å². The van der Waals surface area contributed by atoms with Crippen molar-refractivity contribution in [3.05, 3.63) is 78.1 Å². The van der Waals surface area contributed by atoms with Crippen molar-refractivity contribution in [3.63, 3.8) is 0 Å². The van der Waals surface area contributed by atoms with Crippen molar-refractivity contribution in [2.24, 2.45) is 0 Å². The summed E-state index contributed by atoms with van der Waals surface area (Å²) in [5, 5.41) is 3.08. The van der Waals surface area contributed by atoms with Gasteiger partial charge < -0.3 is 28.8 Å². The molecule has 0 radical (unpaired) electrons. The third-order valence-electron chi connectivity index (χ3n) is 6.15. The van der Waals surface area contributed by atoms with Gasteiger partial charge in [0.1, 0.15) is 17.3 Å². The van der Waals surface area contributed by atoms with Gasteiger partial charge in [-0.3, -0.25) is 4.79 Å². The van der Waals surface area contributed by atoms with Crippen molar-refractivity contribution in [3.8, 4) is 23.0 Å². The van der Waals surface area contributed by atoms with Gasteiger partial charge in [-0.05, 0) is 62.2 Å². The number of amides is 1. The van der Waals surface area contributed by atoms with E-state index in [-0.39, 0.29) is 11.9 Å². The van der Waals surface area contributed by atoms with E-state index in [0.717, 1.165) is 47.7 Å². The number of nitrogens with zero attached hydrogens (tertiary/aromatic N) is 2. The molecule has 0 saturated carbocycles. The molecule has 8 nitrogen and oxygen atoms in total. The highest BCUT2D eigenvalue weighted by molar-refractivity contribution is 5.95. The quantitative estimate of drug-likeness (QED) is 0.260. The molecular weight excluding hydrogens is 470 g/mol. The average molecular weight is 504 g/mol. The first-order chi connectivity index (χ1) is 18.0. The predicted molar refractivity (Wildman–Crippen MR) is 143 cm³/mol. The number of aryl methyl sites for hydroxylation is 1. The van der Waals surface area contributed by atoms with Crippen LogP contribution >= 0.6 is 0 Å². The molecule has 0 saturated heterocycles. The molecule has 0 fully saturated rings. The first-order valence-electron chi connectivity index (χ1n) is 12.3. The molecule has 0 spiro atoms. The monoisotopic (exact) mass is 503 g/mol. The number of unbranched alkanes of at least 4 members (excludes halogenated alkanes) is 1. The van der Waals surface area contributed by atoms with E-state index >= 15 is 0 Å². The Kier molecular flexibility index (Phi) is 8.51. The number of hydrogen-bond acceptors (Lipinski definition) is 6. The zero-order valence-corrected chi connectivity index (χ0v) is 21.7. The minimum Gasteiger partial charge on any atom is -0.497 e. The Hall–Kier alpha value is -4.20. The summed E-state index contributed by atoms with van der Waals surface area (Å²) < 4.78 is 23.9. The van der Waals surface area contributed by atoms with E-state index in [4.69, 9.17) is 23.9 Å². The molecule has 0 bridgehead atoms. The Balaban J connectivity index is 1.43. The van der Waals surface area contributed by atoms with Crippen LogP contribution in [-0.2, 0) is 6.54 Å². The molecule has 37 heavy (non-hydrogen) atoms. The molecule has 0 aliphatic rings. The average Bonchev–Trinajstić information content (AvgIpc) is 3.31. The first-order valence-corrected chi connectivity index (χ1v) is 12.3. The Morgan fingerprint density at radius 2 is 1.68 bits per heavy atom. The highest BCUT2D eigenvalue weighted by atomic mass is 16.5. The summed E-state index contributed by atoms with van der Waals surface area (Å²) in [6.45, 7) is 3.30. The minimum absolute atomic E-state index is 0.209. The summed E-state index contributed by atoms with van der Waals surface area (Å²) in [5.74, 6) is 3.24. The van der Waals surface area contributed by atoms with Crippen molar-refractivity contribution in [2.75, 3.05) is 27.9 Å². The Bertz CT molecular complexity index is 1350. The number of rotatable bonds is 12. The Morgan fingerprint density at radius 3 is 2.46 bits per heavy atom. The summed E-state index contributed by atoms with van der Waals surface area (Å²) in [6.07, 6.45) is 1.77. The van der Waals surface area contributed by atoms with Crippen LogP contribution < -0.4 is 24.3 Å². The SMILES string of the molecule is COc1cccc(OCCCCn2c(C(C)NC(=O)c3ccc(OC)c(OC)c3)nc3ccccc32)c1. The first kappa shape index (κ1) is 25.9. The van der Waals surface area contributed by atoms with Crippen LogP contribution in [0, 0.1) is 0 Å². The van der Waals surface area contributed by atoms with Crippen LogP contribution in [0.15, 0.2) is 66.7 Å². The lowest BCUT2D eigenvalue weighted by Crippen LogP contribution is -2.28. The van der Waals surface area contributed by atoms with Gasteiger partial charge in [0.2, 0.25) is 0 Å². The Labute approximate surface area is 217 Å². The fourth-order valence-corrected chi connectivity index (χ4v) is 4.23. The van der Waals surface area contributed by atoms with E-state index in [0.29, 0.717) is 23.7 Å². The number of benzene rings is 3. The summed E-state index contributed by atoms with van der Waals surface area (Å²) >= 11 is 0. The fourth-order valence-electron chi connectivity index (χ4n) is 4.23. The lowest BCUT2D eigenvalue weighted by Gasteiger charge is -2.17. The number of nitrogens with one attached hydrogen (secondary N) is 1. The third-order valence-corrected chi connectivity index (χ3v) is 6.15. The summed E-state index contributed by atoms with van der Waals surface area (Å²) in [4.78, 5) is 17.9. The highest BCUT2D eigenvalue weighted by Crippen LogP contribution is 2.28. The maximum atomic E-state index is 13.0. The number of carbonyl (C=O) groups excluding carboxylic acids is 1. The molecule has 1 amide bonds. The van der Waals surface area contributed by atoms with Crippen LogP contribution in [0.25, 0.3) is 11.0 Å². The van der Waals surface area contributed by atoms with Gasteiger partial charge in [-0.1, -0.05) is 18.2 Å². The second-order valence-electron chi connectivity index (χ2n) is 8.61. The van der Waals surface area contributed by atoms with Crippen molar-refractivity contribution in [2.45, 2.75) is 32.4 Å². The largest absolute Gasteiger partial charge is 0.497 e. The molecule has 4 rings (SSSR count). The van der Waals surface area contributed by atoms with Crippen molar-refractivity contribution < 1.29 is 23.7 Å². The van der Waals surface area contributed by atoms with Gasteiger partial charge in [0.05, 0.1) is 45.0 Å². The summed E-state index contributed by atoms with van der Waals surface area (Å²) in [6, 6.07) is 20.4. The molecular formula is C29H33N3O5. The van der Waals surface area contributed by atoms with Gasteiger partial charge in [-0.15, -0.1) is 0 Å². The van der Waals surface area contributed by atoms with Crippen LogP contribution in [-0.4, -0.2) is 43.4 Å². The summed E-state index contributed by atoms with van der Waals surface area (Å²) in [7, 11) is 4.75. The van der Waals surface area contributed by atoms with Crippen molar-refractivity contribution >= 4 is 16.9 Å². The van der Waals surface area contributed by atoms with E-state index in [1.165, 1.54) is 0 Å². The van der Waals surface area contributed by atoms with Crippen LogP contribution in [0.4, 0.5) is 0 Å². The fraction of sp³-hybridized carbons (Fsp3) is 0.310. The second-order valence-corrected chi connectivity index (χ2v) is 8.61. The molecule has 1 heterocycles. The topological polar surface area (TPSA) is 83.8 Å². The summed E-state index contributed by atoms with van der Waals surface area (Å²) in [5.41, 5.74) is 2.43. The molecule has 3 aromatic carbocycles. The van der Waals surface area contributed by atoms with Gasteiger partial charge in [0.25, 0.3) is 5.91 Å². The standard InChI is InChI=1S/C29H33N3O5/c1-20(30-29(33)21-14-15-26(35-3)27(18-21)36-4)28-31-24-12-5-6-13-25(24)32(28)16-7-8-17-37-23-11-9-10-22(19-23)34-2/h5-6,9-15,18-20H,7-8,16-17H2,1-4H3,(H,30,33). The predicted octanol–water partition coefficient (Wildman–Crippen LogP) is 5.41. The van der Waals surface area contributed by atoms with E-state index in [2.05, 4.69) is 16.0 Å². The van der Waals surface area contributed by atoms with E-state index in [1.807, 2.05) is 49.4 Å². The van der Waals surface area contributed by atoms with Crippen LogP contribution in [0.2, 0.25) is 0 Å². The molecule has 1 N–H and O–H groups in total. The molecule has 4 aromatic rings. The minimum atomic E-state index is -0.305. The molecule has 194 valence electrons. The number of fused-ring (bicyclic) bond motifs is 1. The van der Waals surface area contributed by atoms with Crippen molar-refractivity contribution in [1.29, 1.82) is 0 Å². The number of hydrogen-bond donors (Lipinski definition) is 1. The zero-order valence-electron chi connectivity index (χ0n) is 21.7. The van der Waals surface area contributed by atoms with E-state index in [1.54, 1.807) is 39.5 Å². The molecule has 0 aliphatic heterocycles. The number of imidazole rings is 1. The van der Waals surface area contributed by atoms with Crippen LogP contribution in [0.3, 0.4) is 0 Å². The number of methoxy groups -OCH3 is 3. The van der Waals surface area contributed by atoms with Crippen molar-refractivity contribution in [1.82, 2.24) is 14.9 Å². The molecule has 0 aliphatic carbocycles. The third kappa shape index (κ3) is 6.14. The van der Waals surface area contributed by atoms with Gasteiger partial charge in [0.15, 0.2) is 11.5 Å². The number of carbonyl (C=O) groups is 1. The van der Waals surface area contributed by atoms with Crippen LogP contribution in [0.5, 0.6) is 23.0 Å². The molecule has 1 aromatic heterocycles. The Morgan fingerprint density at radius 1 is 0.892 bits per heavy atom. The molecule has 1 atom stereocenters. The van der Waals surface area contributed by atoms with Gasteiger partial charge in [0, 0.05) is 18.2 Å². The lowest BCUT2D eigenvalue weighted by molar-refractivity contribution is 0.0937. The van der Waals surface area contributed by atoms with Gasteiger partial charge in [-0.25, -0.2) is 4.98 Å². The van der Waals surface area contributed by atoms with Crippen LogP contribution in [0.1, 0.15) is 42.0 Å². The molecule has 1 unspecified atom stereocenters. The highest BCUT2D eigenvalue weighted by Gasteiger charge is 2.20. The van der Waals surface area contributed by atoms with Gasteiger partial charge >= 0.3 is 0 Å². The normalized spacial score (nSPS) is 11.7.